The Balaban J connectivity index is 2.01. The van der Waals surface area contributed by atoms with Crippen LogP contribution in [0.5, 0.6) is 0 Å². The molecule has 8 nitrogen and oxygen atoms in total. The molecule has 84 valence electrons. The van der Waals surface area contributed by atoms with Gasteiger partial charge in [0, 0.05) is 5.10 Å². The van der Waals surface area contributed by atoms with Gasteiger partial charge in [-0.05, 0) is 29.2 Å². The van der Waals surface area contributed by atoms with Crippen LogP contribution in [0.1, 0.15) is 31.7 Å². The van der Waals surface area contributed by atoms with Gasteiger partial charge >= 0.3 is 11.9 Å². The van der Waals surface area contributed by atoms with Gasteiger partial charge in [0.2, 0.25) is 0 Å². The minimum Gasteiger partial charge on any atom is -0.390 e. The average Bonchev–Trinajstić information content (AvgIpc) is 2.73. The number of hydrazone groups is 1. The van der Waals surface area contributed by atoms with E-state index in [-0.39, 0.29) is 12.0 Å². The van der Waals surface area contributed by atoms with E-state index in [1.165, 1.54) is 0 Å². The number of nitrogens with zero attached hydrogens (tertiary/aromatic N) is 5. The molecule has 0 unspecified atom stereocenters. The van der Waals surface area contributed by atoms with Crippen LogP contribution < -0.4 is 5.43 Å². The Kier molecular flexibility index (Phi) is 1.88. The zero-order chi connectivity index (χ0) is 11.1. The van der Waals surface area contributed by atoms with Crippen LogP contribution in [-0.2, 0) is 0 Å². The highest BCUT2D eigenvalue weighted by molar-refractivity contribution is 5.90. The largest absolute Gasteiger partial charge is 0.493 e. The van der Waals surface area contributed by atoms with E-state index >= 15 is 0 Å². The van der Waals surface area contributed by atoms with Crippen molar-refractivity contribution in [2.45, 2.75) is 31.7 Å². The molecular formula is C8H10N6O2. The van der Waals surface area contributed by atoms with E-state index in [9.17, 15) is 10.1 Å². The molecule has 1 saturated carbocycles. The topological polar surface area (TPSA) is 98.2 Å². The molecule has 0 aromatic carbocycles. The minimum atomic E-state index is -0.588. The molecule has 3 rings (SSSR count). The molecule has 1 aliphatic heterocycles. The van der Waals surface area contributed by atoms with Gasteiger partial charge in [-0.3, -0.25) is 0 Å². The van der Waals surface area contributed by atoms with Gasteiger partial charge < -0.3 is 10.1 Å². The van der Waals surface area contributed by atoms with Crippen molar-refractivity contribution >= 4 is 17.6 Å². The average molecular weight is 222 g/mol. The predicted molar refractivity (Wildman–Crippen MR) is 55.2 cm³/mol. The predicted octanol–water partition coefficient (Wildman–Crippen LogP) is 1.08. The monoisotopic (exact) mass is 222 g/mol. The molecule has 1 aromatic heterocycles. The molecular weight excluding hydrogens is 212 g/mol. The molecule has 1 atom stereocenters. The van der Waals surface area contributed by atoms with Crippen LogP contribution in [0.25, 0.3) is 0 Å². The molecule has 2 aliphatic rings. The molecule has 0 amide bonds. The summed E-state index contributed by atoms with van der Waals surface area (Å²) in [5.41, 5.74) is 3.72. The summed E-state index contributed by atoms with van der Waals surface area (Å²) in [5, 5.41) is 18.7. The maximum atomic E-state index is 10.6. The van der Waals surface area contributed by atoms with Crippen molar-refractivity contribution in [3.05, 3.63) is 10.1 Å². The van der Waals surface area contributed by atoms with Gasteiger partial charge in [-0.1, -0.05) is 6.42 Å². The Morgan fingerprint density at radius 1 is 1.50 bits per heavy atom. The summed E-state index contributed by atoms with van der Waals surface area (Å²) in [6.07, 6.45) is 4.05. The fourth-order valence-corrected chi connectivity index (χ4v) is 2.18. The van der Waals surface area contributed by atoms with Gasteiger partial charge in [-0.15, -0.1) is 4.68 Å². The number of anilines is 1. The van der Waals surface area contributed by atoms with Crippen LogP contribution >= 0.6 is 0 Å². The van der Waals surface area contributed by atoms with E-state index in [1.807, 2.05) is 0 Å². The Labute approximate surface area is 90.5 Å². The lowest BCUT2D eigenvalue weighted by atomic mass is 9.93. The summed E-state index contributed by atoms with van der Waals surface area (Å²) in [4.78, 5) is 13.8. The van der Waals surface area contributed by atoms with Crippen molar-refractivity contribution in [2.75, 3.05) is 5.43 Å². The van der Waals surface area contributed by atoms with Gasteiger partial charge in [0.25, 0.3) is 0 Å². The molecule has 2 heterocycles. The van der Waals surface area contributed by atoms with Crippen molar-refractivity contribution in [3.8, 4) is 0 Å². The van der Waals surface area contributed by atoms with Crippen LogP contribution in [-0.4, -0.2) is 25.4 Å². The SMILES string of the molecule is O=[N+]([O-])c1nc2n(n1)[C@@H]1CCCCC1=NN2. The van der Waals surface area contributed by atoms with Gasteiger partial charge in [0.15, 0.2) is 0 Å². The maximum Gasteiger partial charge on any atom is 0.493 e. The van der Waals surface area contributed by atoms with Crippen LogP contribution in [0, 0.1) is 10.1 Å². The first-order valence-corrected chi connectivity index (χ1v) is 5.19. The number of hydrogen-bond donors (Lipinski definition) is 1. The third-order valence-electron chi connectivity index (χ3n) is 2.92. The van der Waals surface area contributed by atoms with E-state index < -0.39 is 4.92 Å². The van der Waals surface area contributed by atoms with E-state index in [4.69, 9.17) is 0 Å². The second kappa shape index (κ2) is 3.26. The summed E-state index contributed by atoms with van der Waals surface area (Å²) in [5.74, 6) is -0.00752. The molecule has 1 aromatic rings. The first-order chi connectivity index (χ1) is 7.75. The second-order valence-electron chi connectivity index (χ2n) is 3.91. The Morgan fingerprint density at radius 2 is 2.38 bits per heavy atom. The summed E-state index contributed by atoms with van der Waals surface area (Å²) in [6, 6.07) is 0.0474. The first-order valence-electron chi connectivity index (χ1n) is 5.19. The van der Waals surface area contributed by atoms with E-state index in [1.54, 1.807) is 4.68 Å². The van der Waals surface area contributed by atoms with E-state index in [0.29, 0.717) is 5.95 Å². The quantitative estimate of drug-likeness (QED) is 0.566. The van der Waals surface area contributed by atoms with Crippen molar-refractivity contribution < 1.29 is 4.92 Å². The highest BCUT2D eigenvalue weighted by Crippen LogP contribution is 2.31. The summed E-state index contributed by atoms with van der Waals surface area (Å²) in [7, 11) is 0. The third-order valence-corrected chi connectivity index (χ3v) is 2.92. The summed E-state index contributed by atoms with van der Waals surface area (Å²) in [6.45, 7) is 0. The Morgan fingerprint density at radius 3 is 3.19 bits per heavy atom. The number of nitro groups is 1. The molecule has 0 radical (unpaired) electrons. The van der Waals surface area contributed by atoms with Crippen LogP contribution in [0.3, 0.4) is 0 Å². The van der Waals surface area contributed by atoms with Gasteiger partial charge in [0.05, 0.1) is 5.71 Å². The van der Waals surface area contributed by atoms with Crippen molar-refractivity contribution in [1.82, 2.24) is 14.8 Å². The molecule has 16 heavy (non-hydrogen) atoms. The van der Waals surface area contributed by atoms with Crippen molar-refractivity contribution in [2.24, 2.45) is 5.10 Å². The third kappa shape index (κ3) is 1.26. The normalized spacial score (nSPS) is 22.8. The number of nitrogens with one attached hydrogen (secondary N) is 1. The van der Waals surface area contributed by atoms with Crippen LogP contribution in [0.4, 0.5) is 11.9 Å². The second-order valence-corrected chi connectivity index (χ2v) is 3.91. The molecule has 1 fully saturated rings. The maximum absolute atomic E-state index is 10.6. The lowest BCUT2D eigenvalue weighted by molar-refractivity contribution is -0.394. The fraction of sp³-hybridized carbons (Fsp3) is 0.625. The fourth-order valence-electron chi connectivity index (χ4n) is 2.18. The number of rotatable bonds is 1. The summed E-state index contributed by atoms with van der Waals surface area (Å²) < 4.78 is 1.58. The highest BCUT2D eigenvalue weighted by Gasteiger charge is 2.34. The molecule has 1 N–H and O–H groups in total. The lowest BCUT2D eigenvalue weighted by Crippen LogP contribution is -2.29. The van der Waals surface area contributed by atoms with Crippen LogP contribution in [0.2, 0.25) is 0 Å². The zero-order valence-electron chi connectivity index (χ0n) is 8.46. The Bertz CT molecular complexity index is 479. The number of aromatic nitrogens is 3. The highest BCUT2D eigenvalue weighted by atomic mass is 16.6. The molecule has 0 spiro atoms. The van der Waals surface area contributed by atoms with Crippen molar-refractivity contribution in [3.63, 3.8) is 0 Å². The van der Waals surface area contributed by atoms with Crippen LogP contribution in [0.15, 0.2) is 5.10 Å². The number of hydrogen-bond acceptors (Lipinski definition) is 6. The van der Waals surface area contributed by atoms with Gasteiger partial charge in [-0.2, -0.15) is 5.10 Å². The summed E-state index contributed by atoms with van der Waals surface area (Å²) >= 11 is 0. The molecule has 1 aliphatic carbocycles. The molecule has 0 bridgehead atoms. The Hall–Kier alpha value is -1.99. The van der Waals surface area contributed by atoms with E-state index in [0.717, 1.165) is 31.4 Å². The smallest absolute Gasteiger partial charge is 0.390 e. The molecule has 8 heteroatoms. The van der Waals surface area contributed by atoms with Gasteiger partial charge in [0.1, 0.15) is 6.04 Å². The molecule has 0 saturated heterocycles. The lowest BCUT2D eigenvalue weighted by Gasteiger charge is -2.25. The zero-order valence-corrected chi connectivity index (χ0v) is 8.46. The van der Waals surface area contributed by atoms with Gasteiger partial charge in [-0.25, -0.2) is 5.43 Å². The first kappa shape index (κ1) is 9.25. The number of fused-ring (bicyclic) bond motifs is 3. The minimum absolute atomic E-state index is 0.0474. The van der Waals surface area contributed by atoms with E-state index in [2.05, 4.69) is 20.6 Å². The standard InChI is InChI=1S/C8H10N6O2/c15-14(16)8-9-7-11-10-5-3-1-2-4-6(5)13(7)12-8/h6H,1-4H2,(H,9,11,12)/t6-/m1/s1. The van der Waals surface area contributed by atoms with Crippen molar-refractivity contribution in [1.29, 1.82) is 0 Å².